The molecule has 2 aromatic rings. The first-order valence-corrected chi connectivity index (χ1v) is 5.92. The van der Waals surface area contributed by atoms with E-state index in [1.165, 1.54) is 0 Å². The topological polar surface area (TPSA) is 79.8 Å². The largest absolute Gasteiger partial charge is 0.366 e. The molecule has 4 heteroatoms. The zero-order valence-corrected chi connectivity index (χ0v) is 10.3. The van der Waals surface area contributed by atoms with Gasteiger partial charge < -0.3 is 5.73 Å². The van der Waals surface area contributed by atoms with E-state index in [4.69, 9.17) is 11.0 Å². The molecule has 0 unspecified atom stereocenters. The molecule has 4 nitrogen and oxygen atoms in total. The van der Waals surface area contributed by atoms with Crippen LogP contribution in [0.5, 0.6) is 0 Å². The lowest BCUT2D eigenvalue weighted by Crippen LogP contribution is -2.14. The normalized spacial score (nSPS) is 9.84. The Morgan fingerprint density at radius 2 is 2.16 bits per heavy atom. The molecule has 1 aromatic carbocycles. The van der Waals surface area contributed by atoms with Crippen LogP contribution in [0.4, 0.5) is 0 Å². The first-order valence-electron chi connectivity index (χ1n) is 5.92. The molecule has 0 atom stereocenters. The predicted molar refractivity (Wildman–Crippen MR) is 72.1 cm³/mol. The van der Waals surface area contributed by atoms with Crippen LogP contribution >= 0.6 is 0 Å². The van der Waals surface area contributed by atoms with Gasteiger partial charge in [-0.2, -0.15) is 5.26 Å². The molecule has 1 heterocycles. The van der Waals surface area contributed by atoms with E-state index in [-0.39, 0.29) is 0 Å². The summed E-state index contributed by atoms with van der Waals surface area (Å²) in [4.78, 5) is 15.5. The fourth-order valence-electron chi connectivity index (χ4n) is 1.93. The zero-order valence-electron chi connectivity index (χ0n) is 10.3. The van der Waals surface area contributed by atoms with Crippen LogP contribution in [0.25, 0.3) is 11.1 Å². The summed E-state index contributed by atoms with van der Waals surface area (Å²) in [7, 11) is 0. The Labute approximate surface area is 111 Å². The van der Waals surface area contributed by atoms with Crippen molar-refractivity contribution in [2.24, 2.45) is 5.73 Å². The number of carbonyl (C=O) groups excluding carboxylic acids is 1. The number of hydrogen-bond acceptors (Lipinski definition) is 3. The molecule has 0 saturated heterocycles. The van der Waals surface area contributed by atoms with Gasteiger partial charge in [0.1, 0.15) is 0 Å². The maximum absolute atomic E-state index is 11.5. The van der Waals surface area contributed by atoms with Crippen LogP contribution in [-0.2, 0) is 6.42 Å². The molecule has 94 valence electrons. The van der Waals surface area contributed by atoms with Gasteiger partial charge in [0.25, 0.3) is 0 Å². The third kappa shape index (κ3) is 2.96. The number of primary amides is 1. The summed E-state index contributed by atoms with van der Waals surface area (Å²) in [5, 5.41) is 8.62. The van der Waals surface area contributed by atoms with Gasteiger partial charge in [-0.25, -0.2) is 0 Å². The van der Waals surface area contributed by atoms with Crippen LogP contribution in [0.2, 0.25) is 0 Å². The van der Waals surface area contributed by atoms with E-state index in [2.05, 4.69) is 11.1 Å². The minimum Gasteiger partial charge on any atom is -0.366 e. The van der Waals surface area contributed by atoms with Crippen molar-refractivity contribution < 1.29 is 4.79 Å². The van der Waals surface area contributed by atoms with E-state index < -0.39 is 5.91 Å². The van der Waals surface area contributed by atoms with Crippen molar-refractivity contribution in [1.29, 1.82) is 5.26 Å². The highest BCUT2D eigenvalue weighted by Gasteiger charge is 2.10. The standard InChI is InChI=1S/C15H13N3O/c16-7-1-3-11-5-6-12(9-14(11)15(17)19)13-4-2-8-18-10-13/h2,4-6,8-10H,1,3H2,(H2,17,19). The maximum atomic E-state index is 11.5. The summed E-state index contributed by atoms with van der Waals surface area (Å²) in [5.41, 5.74) is 8.49. The van der Waals surface area contributed by atoms with Crippen molar-refractivity contribution in [3.63, 3.8) is 0 Å². The van der Waals surface area contributed by atoms with Crippen molar-refractivity contribution in [3.8, 4) is 17.2 Å². The molecule has 0 radical (unpaired) electrons. The molecule has 0 aliphatic rings. The summed E-state index contributed by atoms with van der Waals surface area (Å²) in [6, 6.07) is 11.3. The minimum absolute atomic E-state index is 0.368. The van der Waals surface area contributed by atoms with Crippen molar-refractivity contribution >= 4 is 5.91 Å². The van der Waals surface area contributed by atoms with E-state index in [9.17, 15) is 4.79 Å². The Morgan fingerprint density at radius 3 is 2.79 bits per heavy atom. The van der Waals surface area contributed by atoms with Gasteiger partial charge in [0.2, 0.25) is 5.91 Å². The average molecular weight is 251 g/mol. The molecule has 0 spiro atoms. The second-order valence-corrected chi connectivity index (χ2v) is 4.14. The molecule has 0 saturated carbocycles. The van der Waals surface area contributed by atoms with E-state index in [0.717, 1.165) is 16.7 Å². The summed E-state index contributed by atoms with van der Waals surface area (Å²) >= 11 is 0. The van der Waals surface area contributed by atoms with E-state index in [1.54, 1.807) is 18.5 Å². The second-order valence-electron chi connectivity index (χ2n) is 4.14. The number of carbonyl (C=O) groups is 1. The molecule has 19 heavy (non-hydrogen) atoms. The van der Waals surface area contributed by atoms with E-state index in [0.29, 0.717) is 18.4 Å². The molecule has 0 bridgehead atoms. The Morgan fingerprint density at radius 1 is 1.32 bits per heavy atom. The molecule has 1 amide bonds. The zero-order chi connectivity index (χ0) is 13.7. The number of aromatic nitrogens is 1. The molecule has 0 aliphatic carbocycles. The lowest BCUT2D eigenvalue weighted by Gasteiger charge is -2.08. The second kappa shape index (κ2) is 5.78. The van der Waals surface area contributed by atoms with Gasteiger partial charge in [-0.15, -0.1) is 0 Å². The first kappa shape index (κ1) is 12.8. The lowest BCUT2D eigenvalue weighted by atomic mass is 9.97. The number of nitrogens with zero attached hydrogens (tertiary/aromatic N) is 2. The van der Waals surface area contributed by atoms with E-state index >= 15 is 0 Å². The summed E-state index contributed by atoms with van der Waals surface area (Å²) < 4.78 is 0. The predicted octanol–water partition coefficient (Wildman–Crippen LogP) is 2.30. The van der Waals surface area contributed by atoms with Crippen LogP contribution < -0.4 is 5.73 Å². The van der Waals surface area contributed by atoms with Crippen molar-refractivity contribution in [1.82, 2.24) is 4.98 Å². The molecule has 2 N–H and O–H groups in total. The smallest absolute Gasteiger partial charge is 0.248 e. The number of nitriles is 1. The first-order chi connectivity index (χ1) is 9.22. The van der Waals surface area contributed by atoms with Gasteiger partial charge in [-0.05, 0) is 29.7 Å². The molecular weight excluding hydrogens is 238 g/mol. The number of pyridine rings is 1. The molecule has 0 fully saturated rings. The van der Waals surface area contributed by atoms with Gasteiger partial charge in [-0.1, -0.05) is 18.2 Å². The van der Waals surface area contributed by atoms with Gasteiger partial charge in [0, 0.05) is 29.9 Å². The number of benzene rings is 1. The molecule has 0 aliphatic heterocycles. The summed E-state index contributed by atoms with van der Waals surface area (Å²) in [5.74, 6) is -0.473. The molecular formula is C15H13N3O. The third-order valence-electron chi connectivity index (χ3n) is 2.88. The molecule has 1 aromatic heterocycles. The highest BCUT2D eigenvalue weighted by molar-refractivity contribution is 5.95. The maximum Gasteiger partial charge on any atom is 0.248 e. The van der Waals surface area contributed by atoms with Crippen LogP contribution in [0.1, 0.15) is 22.3 Å². The van der Waals surface area contributed by atoms with Crippen LogP contribution in [0.3, 0.4) is 0 Å². The minimum atomic E-state index is -0.473. The Bertz CT molecular complexity index is 630. The van der Waals surface area contributed by atoms with Crippen molar-refractivity contribution in [3.05, 3.63) is 53.9 Å². The van der Waals surface area contributed by atoms with Gasteiger partial charge >= 0.3 is 0 Å². The number of rotatable bonds is 4. The van der Waals surface area contributed by atoms with Crippen LogP contribution in [-0.4, -0.2) is 10.9 Å². The fraction of sp³-hybridized carbons (Fsp3) is 0.133. The van der Waals surface area contributed by atoms with Gasteiger partial charge in [-0.3, -0.25) is 9.78 Å². The highest BCUT2D eigenvalue weighted by atomic mass is 16.1. The van der Waals surface area contributed by atoms with Crippen LogP contribution in [0.15, 0.2) is 42.7 Å². The monoisotopic (exact) mass is 251 g/mol. The quantitative estimate of drug-likeness (QED) is 0.905. The van der Waals surface area contributed by atoms with Crippen molar-refractivity contribution in [2.75, 3.05) is 0 Å². The summed E-state index contributed by atoms with van der Waals surface area (Å²) in [6.07, 6.45) is 4.32. The Kier molecular flexibility index (Phi) is 3.89. The lowest BCUT2D eigenvalue weighted by molar-refractivity contribution is 0.0999. The number of aryl methyl sites for hydroxylation is 1. The Hall–Kier alpha value is -2.67. The highest BCUT2D eigenvalue weighted by Crippen LogP contribution is 2.22. The average Bonchev–Trinajstić information content (AvgIpc) is 2.45. The number of amides is 1. The van der Waals surface area contributed by atoms with E-state index in [1.807, 2.05) is 24.3 Å². The molecule has 2 rings (SSSR count). The number of hydrogen-bond donors (Lipinski definition) is 1. The summed E-state index contributed by atoms with van der Waals surface area (Å²) in [6.45, 7) is 0. The Balaban J connectivity index is 2.42. The SMILES string of the molecule is N#CCCc1ccc(-c2cccnc2)cc1C(N)=O. The van der Waals surface area contributed by atoms with Crippen molar-refractivity contribution in [2.45, 2.75) is 12.8 Å². The fourth-order valence-corrected chi connectivity index (χ4v) is 1.93. The van der Waals surface area contributed by atoms with Gasteiger partial charge in [0.15, 0.2) is 0 Å². The van der Waals surface area contributed by atoms with Gasteiger partial charge in [0.05, 0.1) is 6.07 Å². The van der Waals surface area contributed by atoms with Crippen LogP contribution in [0, 0.1) is 11.3 Å². The number of nitrogens with two attached hydrogens (primary N) is 1. The third-order valence-corrected chi connectivity index (χ3v) is 2.88.